The number of carbonyl (C=O) groups excluding carboxylic acids is 1. The van der Waals surface area contributed by atoms with Gasteiger partial charge in [0.15, 0.2) is 0 Å². The Kier molecular flexibility index (Phi) is 4.24. The van der Waals surface area contributed by atoms with Crippen LogP contribution in [0.15, 0.2) is 18.5 Å². The Balaban J connectivity index is 1.91. The molecule has 1 N–H and O–H groups in total. The molecule has 0 bridgehead atoms. The number of urea groups is 1. The fourth-order valence-electron chi connectivity index (χ4n) is 3.03. The molecule has 1 saturated heterocycles. The lowest BCUT2D eigenvalue weighted by molar-refractivity contribution is 0.187. The summed E-state index contributed by atoms with van der Waals surface area (Å²) < 4.78 is 7.39. The summed E-state index contributed by atoms with van der Waals surface area (Å²) in [4.78, 5) is 22.6. The molecule has 2 amide bonds. The number of carbonyl (C=O) groups is 1. The van der Waals surface area contributed by atoms with Crippen LogP contribution < -0.4 is 5.32 Å². The number of nitrogens with zero attached hydrogens (tertiary/aromatic N) is 4. The lowest BCUT2D eigenvalue weighted by Crippen LogP contribution is -2.36. The fourth-order valence-corrected chi connectivity index (χ4v) is 3.03. The van der Waals surface area contributed by atoms with Crippen LogP contribution in [-0.2, 0) is 11.3 Å². The van der Waals surface area contributed by atoms with Crippen LogP contribution in [0.2, 0.25) is 0 Å². The summed E-state index contributed by atoms with van der Waals surface area (Å²) in [5.74, 6) is 1.27. The smallest absolute Gasteiger partial charge is 0.317 e. The van der Waals surface area contributed by atoms with E-state index in [4.69, 9.17) is 9.72 Å². The third-order valence-corrected chi connectivity index (χ3v) is 4.15. The third-order valence-electron chi connectivity index (χ3n) is 4.15. The van der Waals surface area contributed by atoms with Gasteiger partial charge in [-0.2, -0.15) is 0 Å². The summed E-state index contributed by atoms with van der Waals surface area (Å²) in [5, 5.41) is 2.68. The Morgan fingerprint density at radius 1 is 1.55 bits per heavy atom. The molecule has 0 unspecified atom stereocenters. The largest absolute Gasteiger partial charge is 0.383 e. The summed E-state index contributed by atoms with van der Waals surface area (Å²) in [6.07, 6.45) is 4.52. The van der Waals surface area contributed by atoms with E-state index in [0.29, 0.717) is 13.2 Å². The van der Waals surface area contributed by atoms with Crippen LogP contribution in [0, 0.1) is 0 Å². The molecule has 0 aliphatic carbocycles. The van der Waals surface area contributed by atoms with Crippen molar-refractivity contribution in [3.63, 3.8) is 0 Å². The third kappa shape index (κ3) is 2.64. The number of ether oxygens (including phenoxy) is 1. The number of methoxy groups -OCH3 is 1. The summed E-state index contributed by atoms with van der Waals surface area (Å²) in [6.45, 7) is 2.82. The molecule has 0 spiro atoms. The standard InChI is InChI=1S/C15H21N5O2/c1-16-15(21)19-6-4-11(10-19)14-18-12-3-5-17-9-13(12)20(14)7-8-22-2/h3,5,9,11H,4,6-8,10H2,1-2H3,(H,16,21)/t11-/m1/s1. The Labute approximate surface area is 129 Å². The highest BCUT2D eigenvalue weighted by Gasteiger charge is 2.30. The maximum Gasteiger partial charge on any atom is 0.317 e. The number of amides is 2. The van der Waals surface area contributed by atoms with E-state index < -0.39 is 0 Å². The van der Waals surface area contributed by atoms with Gasteiger partial charge in [0.1, 0.15) is 5.82 Å². The van der Waals surface area contributed by atoms with E-state index in [0.717, 1.165) is 36.4 Å². The molecule has 1 atom stereocenters. The molecular weight excluding hydrogens is 282 g/mol. The molecule has 0 saturated carbocycles. The van der Waals surface area contributed by atoms with Crippen LogP contribution in [0.5, 0.6) is 0 Å². The number of fused-ring (bicyclic) bond motifs is 1. The number of hydrogen-bond acceptors (Lipinski definition) is 4. The van der Waals surface area contributed by atoms with Gasteiger partial charge >= 0.3 is 6.03 Å². The van der Waals surface area contributed by atoms with Gasteiger partial charge in [-0.25, -0.2) is 9.78 Å². The Morgan fingerprint density at radius 3 is 3.18 bits per heavy atom. The van der Waals surface area contributed by atoms with Gasteiger partial charge in [-0.15, -0.1) is 0 Å². The van der Waals surface area contributed by atoms with Crippen molar-refractivity contribution in [3.8, 4) is 0 Å². The summed E-state index contributed by atoms with van der Waals surface area (Å²) in [6, 6.07) is 1.90. The van der Waals surface area contributed by atoms with E-state index in [-0.39, 0.29) is 11.9 Å². The predicted molar refractivity (Wildman–Crippen MR) is 82.8 cm³/mol. The summed E-state index contributed by atoms with van der Waals surface area (Å²) >= 11 is 0. The fraction of sp³-hybridized carbons (Fsp3) is 0.533. The lowest BCUT2D eigenvalue weighted by atomic mass is 10.1. The molecule has 7 nitrogen and oxygen atoms in total. The minimum atomic E-state index is -0.0243. The second kappa shape index (κ2) is 6.31. The minimum Gasteiger partial charge on any atom is -0.383 e. The van der Waals surface area contributed by atoms with Crippen LogP contribution in [-0.4, -0.2) is 59.3 Å². The number of imidazole rings is 1. The van der Waals surface area contributed by atoms with Crippen molar-refractivity contribution in [1.29, 1.82) is 0 Å². The second-order valence-corrected chi connectivity index (χ2v) is 5.47. The first kappa shape index (κ1) is 14.8. The van der Waals surface area contributed by atoms with Gasteiger partial charge in [0.2, 0.25) is 0 Å². The van der Waals surface area contributed by atoms with Crippen LogP contribution in [0.4, 0.5) is 4.79 Å². The van der Waals surface area contributed by atoms with Crippen molar-refractivity contribution in [3.05, 3.63) is 24.3 Å². The maximum atomic E-state index is 11.8. The number of nitrogens with one attached hydrogen (secondary N) is 1. The van der Waals surface area contributed by atoms with Gasteiger partial charge in [0, 0.05) is 45.9 Å². The molecule has 0 radical (unpaired) electrons. The van der Waals surface area contributed by atoms with Crippen LogP contribution >= 0.6 is 0 Å². The van der Waals surface area contributed by atoms with Gasteiger partial charge in [0.05, 0.1) is 23.8 Å². The Hall–Kier alpha value is -2.15. The minimum absolute atomic E-state index is 0.0243. The van der Waals surface area contributed by atoms with E-state index in [9.17, 15) is 4.79 Å². The highest BCUT2D eigenvalue weighted by atomic mass is 16.5. The van der Waals surface area contributed by atoms with Gasteiger partial charge < -0.3 is 19.5 Å². The topological polar surface area (TPSA) is 72.3 Å². The first-order valence-electron chi connectivity index (χ1n) is 7.50. The van der Waals surface area contributed by atoms with Crippen LogP contribution in [0.25, 0.3) is 11.0 Å². The molecule has 1 aliphatic heterocycles. The second-order valence-electron chi connectivity index (χ2n) is 5.47. The zero-order chi connectivity index (χ0) is 15.5. The normalized spacial score (nSPS) is 18.1. The maximum absolute atomic E-state index is 11.8. The highest BCUT2D eigenvalue weighted by Crippen LogP contribution is 2.29. The van der Waals surface area contributed by atoms with Crippen molar-refractivity contribution in [2.45, 2.75) is 18.9 Å². The molecule has 1 aliphatic rings. The van der Waals surface area contributed by atoms with Crippen LogP contribution in [0.1, 0.15) is 18.2 Å². The molecule has 7 heteroatoms. The van der Waals surface area contributed by atoms with Gasteiger partial charge in [-0.3, -0.25) is 4.98 Å². The van der Waals surface area contributed by atoms with Crippen LogP contribution in [0.3, 0.4) is 0 Å². The number of aromatic nitrogens is 3. The first-order valence-corrected chi connectivity index (χ1v) is 7.50. The zero-order valence-corrected chi connectivity index (χ0v) is 13.0. The Morgan fingerprint density at radius 2 is 2.41 bits per heavy atom. The molecule has 22 heavy (non-hydrogen) atoms. The molecule has 3 heterocycles. The molecule has 1 fully saturated rings. The van der Waals surface area contributed by atoms with Crippen molar-refractivity contribution < 1.29 is 9.53 Å². The zero-order valence-electron chi connectivity index (χ0n) is 13.0. The van der Waals surface area contributed by atoms with Crippen molar-refractivity contribution >= 4 is 17.1 Å². The van der Waals surface area contributed by atoms with Gasteiger partial charge in [0.25, 0.3) is 0 Å². The van der Waals surface area contributed by atoms with Gasteiger partial charge in [-0.05, 0) is 12.5 Å². The van der Waals surface area contributed by atoms with Crippen molar-refractivity contribution in [2.75, 3.05) is 33.9 Å². The molecule has 2 aromatic heterocycles. The molecular formula is C15H21N5O2. The monoisotopic (exact) mass is 303 g/mol. The van der Waals surface area contributed by atoms with E-state index in [1.807, 2.05) is 17.2 Å². The van der Waals surface area contributed by atoms with Gasteiger partial charge in [-0.1, -0.05) is 0 Å². The Bertz CT molecular complexity index is 669. The van der Waals surface area contributed by atoms with Crippen molar-refractivity contribution in [1.82, 2.24) is 24.8 Å². The highest BCUT2D eigenvalue weighted by molar-refractivity contribution is 5.75. The molecule has 118 valence electrons. The predicted octanol–water partition coefficient (Wildman–Crippen LogP) is 1.21. The average molecular weight is 303 g/mol. The number of hydrogen-bond donors (Lipinski definition) is 1. The summed E-state index contributed by atoms with van der Waals surface area (Å²) in [5.41, 5.74) is 1.97. The first-order chi connectivity index (χ1) is 10.7. The van der Waals surface area contributed by atoms with E-state index >= 15 is 0 Å². The van der Waals surface area contributed by atoms with Crippen molar-refractivity contribution in [2.24, 2.45) is 0 Å². The number of likely N-dealkylation sites (tertiary alicyclic amines) is 1. The quantitative estimate of drug-likeness (QED) is 0.921. The summed E-state index contributed by atoms with van der Waals surface area (Å²) in [7, 11) is 3.36. The SMILES string of the molecule is CNC(=O)N1CC[C@@H](c2nc3ccncc3n2CCOC)C1. The average Bonchev–Trinajstić information content (AvgIpc) is 3.16. The van der Waals surface area contributed by atoms with E-state index in [1.54, 1.807) is 20.4 Å². The number of rotatable bonds is 4. The lowest BCUT2D eigenvalue weighted by Gasteiger charge is -2.16. The van der Waals surface area contributed by atoms with E-state index in [1.165, 1.54) is 0 Å². The van der Waals surface area contributed by atoms with E-state index in [2.05, 4.69) is 14.9 Å². The molecule has 0 aromatic carbocycles. The number of pyridine rings is 1. The molecule has 3 rings (SSSR count). The molecule has 2 aromatic rings.